The molecule has 0 N–H and O–H groups in total. The van der Waals surface area contributed by atoms with Crippen LogP contribution in [0.15, 0.2) is 0 Å². The average Bonchev–Trinajstić information content (AvgIpc) is 2.80. The van der Waals surface area contributed by atoms with E-state index in [9.17, 15) is 18.0 Å². The predicted molar refractivity (Wildman–Crippen MR) is 86.3 cm³/mol. The van der Waals surface area contributed by atoms with E-state index in [1.165, 1.54) is 0 Å². The van der Waals surface area contributed by atoms with Crippen molar-refractivity contribution in [3.05, 3.63) is 17.0 Å². The highest BCUT2D eigenvalue weighted by Gasteiger charge is 2.36. The Morgan fingerprint density at radius 3 is 2.52 bits per heavy atom. The van der Waals surface area contributed by atoms with Gasteiger partial charge in [0.25, 0.3) is 0 Å². The lowest BCUT2D eigenvalue weighted by atomic mass is 10.0. The van der Waals surface area contributed by atoms with Gasteiger partial charge in [-0.1, -0.05) is 0 Å². The van der Waals surface area contributed by atoms with Gasteiger partial charge in [-0.25, -0.2) is 4.79 Å². The lowest BCUT2D eigenvalue weighted by Crippen LogP contribution is -2.50. The number of nitrogens with zero attached hydrogens (tertiary/aromatic N) is 4. The summed E-state index contributed by atoms with van der Waals surface area (Å²) in [5, 5.41) is 4.04. The van der Waals surface area contributed by atoms with Crippen LogP contribution in [0.2, 0.25) is 0 Å². The van der Waals surface area contributed by atoms with Crippen LogP contribution in [0.3, 0.4) is 0 Å². The molecule has 0 bridgehead atoms. The zero-order chi connectivity index (χ0) is 18.8. The van der Waals surface area contributed by atoms with Gasteiger partial charge in [0.15, 0.2) is 0 Å². The molecule has 0 spiro atoms. The van der Waals surface area contributed by atoms with Gasteiger partial charge in [-0.3, -0.25) is 4.68 Å². The summed E-state index contributed by atoms with van der Waals surface area (Å²) in [5.41, 5.74) is 1.56. The first-order chi connectivity index (χ1) is 11.7. The molecule has 1 aliphatic rings. The summed E-state index contributed by atoms with van der Waals surface area (Å²) in [6.45, 7) is 8.16. The first-order valence-corrected chi connectivity index (χ1v) is 8.43. The Morgan fingerprint density at radius 2 is 1.96 bits per heavy atom. The number of urea groups is 1. The van der Waals surface area contributed by atoms with Gasteiger partial charge in [0.1, 0.15) is 6.54 Å². The zero-order valence-corrected chi connectivity index (χ0v) is 15.1. The molecule has 0 radical (unpaired) electrons. The number of carbonyl (C=O) groups is 1. The van der Waals surface area contributed by atoms with Crippen LogP contribution in [-0.2, 0) is 11.3 Å². The summed E-state index contributed by atoms with van der Waals surface area (Å²) in [7, 11) is 0. The van der Waals surface area contributed by atoms with Gasteiger partial charge in [0, 0.05) is 30.9 Å². The van der Waals surface area contributed by atoms with E-state index in [1.807, 2.05) is 13.8 Å². The molecule has 0 unspecified atom stereocenters. The van der Waals surface area contributed by atoms with Crippen molar-refractivity contribution in [3.8, 4) is 0 Å². The second kappa shape index (κ2) is 7.63. The molecule has 1 aromatic rings. The summed E-state index contributed by atoms with van der Waals surface area (Å²) in [5.74, 6) is 0. The van der Waals surface area contributed by atoms with Crippen molar-refractivity contribution in [3.63, 3.8) is 0 Å². The predicted octanol–water partition coefficient (Wildman–Crippen LogP) is 2.90. The number of aromatic nitrogens is 2. The fraction of sp³-hybridized carbons (Fsp3) is 0.750. The Balaban J connectivity index is 2.36. The standard InChI is InChI=1S/C16H25F3N4O2/c1-5-21(6-2)15(24)22-7-8-25-9-13(22)14-11(3)20-23(12(14)4)10-16(17,18)19/h13H,5-10H2,1-4H3/t13-/m1/s1. The Bertz CT molecular complexity index is 611. The largest absolute Gasteiger partial charge is 0.408 e. The van der Waals surface area contributed by atoms with E-state index in [-0.39, 0.29) is 12.6 Å². The topological polar surface area (TPSA) is 50.6 Å². The molecule has 2 amide bonds. The Morgan fingerprint density at radius 1 is 1.32 bits per heavy atom. The monoisotopic (exact) mass is 362 g/mol. The van der Waals surface area contributed by atoms with Crippen LogP contribution in [0.4, 0.5) is 18.0 Å². The van der Waals surface area contributed by atoms with Crippen LogP contribution < -0.4 is 0 Å². The highest BCUT2D eigenvalue weighted by molar-refractivity contribution is 5.75. The number of ether oxygens (including phenoxy) is 1. The average molecular weight is 362 g/mol. The van der Waals surface area contributed by atoms with E-state index in [0.29, 0.717) is 43.2 Å². The SMILES string of the molecule is CCN(CC)C(=O)N1CCOC[C@@H]1c1c(C)nn(CC(F)(F)F)c1C. The van der Waals surface area contributed by atoms with Crippen LogP contribution in [0.1, 0.15) is 36.8 Å². The molecule has 6 nitrogen and oxygen atoms in total. The van der Waals surface area contributed by atoms with Crippen LogP contribution in [0, 0.1) is 13.8 Å². The highest BCUT2D eigenvalue weighted by atomic mass is 19.4. The minimum atomic E-state index is -4.35. The number of hydrogen-bond donors (Lipinski definition) is 0. The molecule has 1 fully saturated rings. The Hall–Kier alpha value is -1.77. The first-order valence-electron chi connectivity index (χ1n) is 8.43. The van der Waals surface area contributed by atoms with Crippen LogP contribution >= 0.6 is 0 Å². The number of halogens is 3. The molecule has 9 heteroatoms. The van der Waals surface area contributed by atoms with E-state index >= 15 is 0 Å². The van der Waals surface area contributed by atoms with E-state index in [2.05, 4.69) is 5.10 Å². The zero-order valence-electron chi connectivity index (χ0n) is 15.1. The molecular weight excluding hydrogens is 337 g/mol. The van der Waals surface area contributed by atoms with Crippen LogP contribution in [0.5, 0.6) is 0 Å². The van der Waals surface area contributed by atoms with Crippen molar-refractivity contribution in [2.45, 2.75) is 46.5 Å². The molecule has 142 valence electrons. The quantitative estimate of drug-likeness (QED) is 0.828. The van der Waals surface area contributed by atoms with Gasteiger partial charge in [-0.15, -0.1) is 0 Å². The summed E-state index contributed by atoms with van der Waals surface area (Å²) >= 11 is 0. The van der Waals surface area contributed by atoms with Crippen molar-refractivity contribution in [2.75, 3.05) is 32.8 Å². The third kappa shape index (κ3) is 4.26. The van der Waals surface area contributed by atoms with Crippen molar-refractivity contribution < 1.29 is 22.7 Å². The summed E-state index contributed by atoms with van der Waals surface area (Å²) in [4.78, 5) is 16.2. The number of rotatable bonds is 4. The van der Waals surface area contributed by atoms with Gasteiger partial charge in [0.05, 0.1) is 24.9 Å². The molecule has 2 heterocycles. The number of carbonyl (C=O) groups excluding carboxylic acids is 1. The maximum atomic E-state index is 12.8. The van der Waals surface area contributed by atoms with Gasteiger partial charge >= 0.3 is 12.2 Å². The number of aryl methyl sites for hydroxylation is 1. The lowest BCUT2D eigenvalue weighted by Gasteiger charge is -2.38. The molecule has 25 heavy (non-hydrogen) atoms. The number of amides is 2. The van der Waals surface area contributed by atoms with Gasteiger partial charge in [0.2, 0.25) is 0 Å². The third-order valence-electron chi connectivity index (χ3n) is 4.51. The van der Waals surface area contributed by atoms with Crippen LogP contribution in [-0.4, -0.2) is 64.6 Å². The third-order valence-corrected chi connectivity index (χ3v) is 4.51. The molecule has 1 atom stereocenters. The maximum Gasteiger partial charge on any atom is 0.408 e. The molecule has 1 saturated heterocycles. The fourth-order valence-electron chi connectivity index (χ4n) is 3.26. The highest BCUT2D eigenvalue weighted by Crippen LogP contribution is 2.31. The second-order valence-corrected chi connectivity index (χ2v) is 6.10. The normalized spacial score (nSPS) is 18.5. The summed E-state index contributed by atoms with van der Waals surface area (Å²) in [6.07, 6.45) is -4.35. The fourth-order valence-corrected chi connectivity index (χ4v) is 3.26. The number of morpholine rings is 1. The van der Waals surface area contributed by atoms with Crippen molar-refractivity contribution >= 4 is 6.03 Å². The van der Waals surface area contributed by atoms with Gasteiger partial charge < -0.3 is 14.5 Å². The smallest absolute Gasteiger partial charge is 0.377 e. The van der Waals surface area contributed by atoms with E-state index in [1.54, 1.807) is 23.6 Å². The van der Waals surface area contributed by atoms with Crippen molar-refractivity contribution in [2.24, 2.45) is 0 Å². The Labute approximate surface area is 145 Å². The number of alkyl halides is 3. The van der Waals surface area contributed by atoms with E-state index < -0.39 is 18.8 Å². The number of hydrogen-bond acceptors (Lipinski definition) is 3. The summed E-state index contributed by atoms with van der Waals surface area (Å²) in [6, 6.07) is -0.551. The van der Waals surface area contributed by atoms with E-state index in [4.69, 9.17) is 4.74 Å². The lowest BCUT2D eigenvalue weighted by molar-refractivity contribution is -0.143. The molecule has 0 aliphatic carbocycles. The van der Waals surface area contributed by atoms with Gasteiger partial charge in [-0.05, 0) is 27.7 Å². The molecule has 2 rings (SSSR count). The minimum absolute atomic E-state index is 0.124. The van der Waals surface area contributed by atoms with E-state index in [0.717, 1.165) is 4.68 Å². The molecule has 1 aromatic heterocycles. The van der Waals surface area contributed by atoms with Crippen molar-refractivity contribution in [1.82, 2.24) is 19.6 Å². The minimum Gasteiger partial charge on any atom is -0.377 e. The molecule has 0 saturated carbocycles. The maximum absolute atomic E-state index is 12.8. The van der Waals surface area contributed by atoms with Crippen LogP contribution in [0.25, 0.3) is 0 Å². The molecule has 1 aliphatic heterocycles. The Kier molecular flexibility index (Phi) is 5.97. The van der Waals surface area contributed by atoms with Gasteiger partial charge in [-0.2, -0.15) is 18.3 Å². The molecule has 0 aromatic carbocycles. The molecular formula is C16H25F3N4O2. The first kappa shape index (κ1) is 19.6. The second-order valence-electron chi connectivity index (χ2n) is 6.10. The summed E-state index contributed by atoms with van der Waals surface area (Å²) < 4.78 is 44.7. The van der Waals surface area contributed by atoms with Crippen molar-refractivity contribution in [1.29, 1.82) is 0 Å².